The van der Waals surface area contributed by atoms with Gasteiger partial charge in [0.1, 0.15) is 0 Å². The van der Waals surface area contributed by atoms with E-state index in [4.69, 9.17) is 4.74 Å². The summed E-state index contributed by atoms with van der Waals surface area (Å²) in [7, 11) is 0. The molecule has 0 bridgehead atoms. The minimum atomic E-state index is -0.530. The molecule has 0 radical (unpaired) electrons. The molecule has 1 aliphatic heterocycles. The Morgan fingerprint density at radius 3 is 3.08 bits per heavy atom. The molecule has 6 heteroatoms. The van der Waals surface area contributed by atoms with Crippen LogP contribution < -0.4 is 11.1 Å². The number of hydrogen-bond acceptors (Lipinski definition) is 5. The summed E-state index contributed by atoms with van der Waals surface area (Å²) in [5.74, 6) is -0.0305. The molecule has 66 valence electrons. The zero-order valence-electron chi connectivity index (χ0n) is 6.37. The summed E-state index contributed by atoms with van der Waals surface area (Å²) in [4.78, 5) is 13.0. The topological polar surface area (TPSA) is 80.2 Å². The minimum Gasteiger partial charge on any atom is -0.378 e. The van der Waals surface area contributed by atoms with Crippen molar-refractivity contribution in [1.29, 1.82) is 0 Å². The number of H-pyrrole nitrogens is 1. The molecule has 0 saturated carbocycles. The monoisotopic (exact) mass is 171 g/mol. The highest BCUT2D eigenvalue weighted by Gasteiger charge is 2.18. The molecule has 1 aromatic rings. The number of aromatic nitrogens is 2. The standard InChI is InChI=1S/C6H9N3O3/c10-6-8-5(9-12-6)4-3-11-2-1-7-4/h4,7H,1-3H2,(H,8,9,10). The molecule has 2 rings (SSSR count). The first-order chi connectivity index (χ1) is 5.86. The average Bonchev–Trinajstić information content (AvgIpc) is 2.54. The fourth-order valence-corrected chi connectivity index (χ4v) is 1.13. The van der Waals surface area contributed by atoms with E-state index < -0.39 is 5.76 Å². The van der Waals surface area contributed by atoms with E-state index in [0.717, 1.165) is 6.54 Å². The number of aromatic amines is 1. The Bertz CT molecular complexity index is 299. The molecule has 1 saturated heterocycles. The summed E-state index contributed by atoms with van der Waals surface area (Å²) in [5, 5.41) is 6.68. The maximum Gasteiger partial charge on any atom is 0.438 e. The third kappa shape index (κ3) is 1.39. The Morgan fingerprint density at radius 1 is 1.58 bits per heavy atom. The quantitative estimate of drug-likeness (QED) is 0.568. The van der Waals surface area contributed by atoms with Crippen LogP contribution in [-0.4, -0.2) is 29.9 Å². The van der Waals surface area contributed by atoms with Gasteiger partial charge in [0.25, 0.3) is 0 Å². The van der Waals surface area contributed by atoms with E-state index in [1.165, 1.54) is 0 Å². The summed E-state index contributed by atoms with van der Waals surface area (Å²) in [5.41, 5.74) is 0. The lowest BCUT2D eigenvalue weighted by molar-refractivity contribution is 0.0734. The second kappa shape index (κ2) is 3.08. The van der Waals surface area contributed by atoms with Crippen LogP contribution in [0.3, 0.4) is 0 Å². The Kier molecular flexibility index (Phi) is 1.92. The number of nitrogens with one attached hydrogen (secondary N) is 2. The smallest absolute Gasteiger partial charge is 0.378 e. The van der Waals surface area contributed by atoms with Crippen molar-refractivity contribution in [2.45, 2.75) is 6.04 Å². The van der Waals surface area contributed by atoms with Gasteiger partial charge in [-0.1, -0.05) is 5.16 Å². The van der Waals surface area contributed by atoms with Gasteiger partial charge in [0.15, 0.2) is 5.82 Å². The number of nitrogens with zero attached hydrogens (tertiary/aromatic N) is 1. The highest BCUT2D eigenvalue weighted by molar-refractivity contribution is 4.91. The lowest BCUT2D eigenvalue weighted by Crippen LogP contribution is -2.35. The van der Waals surface area contributed by atoms with Gasteiger partial charge in [0.05, 0.1) is 19.3 Å². The van der Waals surface area contributed by atoms with Gasteiger partial charge in [-0.05, 0) is 0 Å². The van der Waals surface area contributed by atoms with Gasteiger partial charge in [-0.15, -0.1) is 0 Å². The van der Waals surface area contributed by atoms with Crippen LogP contribution in [0.15, 0.2) is 9.32 Å². The van der Waals surface area contributed by atoms with E-state index in [2.05, 4.69) is 20.0 Å². The summed E-state index contributed by atoms with van der Waals surface area (Å²) in [6.45, 7) is 1.97. The second-order valence-electron chi connectivity index (χ2n) is 2.56. The zero-order valence-corrected chi connectivity index (χ0v) is 6.37. The molecule has 12 heavy (non-hydrogen) atoms. The summed E-state index contributed by atoms with van der Waals surface area (Å²) < 4.78 is 9.54. The molecule has 2 N–H and O–H groups in total. The molecule has 1 aromatic heterocycles. The third-order valence-corrected chi connectivity index (χ3v) is 1.71. The van der Waals surface area contributed by atoms with E-state index in [1.807, 2.05) is 0 Å². The Hall–Kier alpha value is -1.14. The fraction of sp³-hybridized carbons (Fsp3) is 0.667. The van der Waals surface area contributed by atoms with Crippen molar-refractivity contribution >= 4 is 0 Å². The summed E-state index contributed by atoms with van der Waals surface area (Å²) in [6, 6.07) is -0.0507. The number of rotatable bonds is 1. The second-order valence-corrected chi connectivity index (χ2v) is 2.56. The molecule has 0 amide bonds. The predicted molar refractivity (Wildman–Crippen MR) is 38.7 cm³/mol. The molecule has 1 unspecified atom stereocenters. The molecular weight excluding hydrogens is 162 g/mol. The van der Waals surface area contributed by atoms with E-state index in [9.17, 15) is 4.79 Å². The van der Waals surface area contributed by atoms with Crippen molar-refractivity contribution < 1.29 is 9.26 Å². The SMILES string of the molecule is O=c1[nH]c(C2COCCN2)no1. The van der Waals surface area contributed by atoms with Crippen LogP contribution >= 0.6 is 0 Å². The van der Waals surface area contributed by atoms with Crippen LogP contribution in [0.25, 0.3) is 0 Å². The fourth-order valence-electron chi connectivity index (χ4n) is 1.13. The van der Waals surface area contributed by atoms with E-state index >= 15 is 0 Å². The van der Waals surface area contributed by atoms with Crippen molar-refractivity contribution in [2.75, 3.05) is 19.8 Å². The van der Waals surface area contributed by atoms with Crippen molar-refractivity contribution in [1.82, 2.24) is 15.5 Å². The highest BCUT2D eigenvalue weighted by atomic mass is 16.5. The highest BCUT2D eigenvalue weighted by Crippen LogP contribution is 2.08. The van der Waals surface area contributed by atoms with Crippen LogP contribution in [0.2, 0.25) is 0 Å². The van der Waals surface area contributed by atoms with Gasteiger partial charge in [-0.2, -0.15) is 0 Å². The van der Waals surface area contributed by atoms with E-state index in [-0.39, 0.29) is 6.04 Å². The summed E-state index contributed by atoms with van der Waals surface area (Å²) >= 11 is 0. The molecule has 6 nitrogen and oxygen atoms in total. The Balaban J connectivity index is 2.13. The Morgan fingerprint density at radius 2 is 2.50 bits per heavy atom. The van der Waals surface area contributed by atoms with Crippen molar-refractivity contribution in [3.8, 4) is 0 Å². The average molecular weight is 171 g/mol. The van der Waals surface area contributed by atoms with Gasteiger partial charge >= 0.3 is 5.76 Å². The van der Waals surface area contributed by atoms with Crippen LogP contribution in [0.4, 0.5) is 0 Å². The Labute approximate surface area is 67.9 Å². The lowest BCUT2D eigenvalue weighted by Gasteiger charge is -2.20. The molecule has 0 aliphatic carbocycles. The van der Waals surface area contributed by atoms with Crippen LogP contribution in [0.1, 0.15) is 11.9 Å². The first kappa shape index (κ1) is 7.51. The largest absolute Gasteiger partial charge is 0.438 e. The van der Waals surface area contributed by atoms with Crippen molar-refractivity contribution in [2.24, 2.45) is 0 Å². The van der Waals surface area contributed by atoms with Gasteiger partial charge in [0.2, 0.25) is 0 Å². The molecule has 1 aliphatic rings. The third-order valence-electron chi connectivity index (χ3n) is 1.71. The maximum absolute atomic E-state index is 10.6. The molecule has 2 heterocycles. The molecule has 0 aromatic carbocycles. The predicted octanol–water partition coefficient (Wildman–Crippen LogP) is -0.976. The van der Waals surface area contributed by atoms with Gasteiger partial charge in [-0.25, -0.2) is 4.79 Å². The normalized spacial score (nSPS) is 24.2. The first-order valence-electron chi connectivity index (χ1n) is 3.73. The maximum atomic E-state index is 10.6. The van der Waals surface area contributed by atoms with Crippen LogP contribution in [0.5, 0.6) is 0 Å². The van der Waals surface area contributed by atoms with Crippen LogP contribution in [-0.2, 0) is 4.74 Å². The first-order valence-corrected chi connectivity index (χ1v) is 3.73. The number of morpholine rings is 1. The van der Waals surface area contributed by atoms with Gasteiger partial charge in [0, 0.05) is 6.54 Å². The van der Waals surface area contributed by atoms with Crippen molar-refractivity contribution in [3.05, 3.63) is 16.4 Å². The molecule has 1 atom stereocenters. The van der Waals surface area contributed by atoms with Gasteiger partial charge in [-0.3, -0.25) is 9.51 Å². The summed E-state index contributed by atoms with van der Waals surface area (Å²) in [6.07, 6.45) is 0. The number of hydrogen-bond donors (Lipinski definition) is 2. The molecular formula is C6H9N3O3. The van der Waals surface area contributed by atoms with E-state index in [0.29, 0.717) is 19.0 Å². The minimum absolute atomic E-state index is 0.0507. The lowest BCUT2D eigenvalue weighted by atomic mass is 10.3. The zero-order chi connectivity index (χ0) is 8.39. The number of ether oxygens (including phenoxy) is 1. The van der Waals surface area contributed by atoms with E-state index in [1.54, 1.807) is 0 Å². The van der Waals surface area contributed by atoms with Crippen molar-refractivity contribution in [3.63, 3.8) is 0 Å². The molecule has 1 fully saturated rings. The molecule has 0 spiro atoms. The van der Waals surface area contributed by atoms with Crippen LogP contribution in [0, 0.1) is 0 Å². The van der Waals surface area contributed by atoms with Gasteiger partial charge < -0.3 is 10.1 Å².